The maximum absolute atomic E-state index is 11.9. The molecule has 0 saturated carbocycles. The SMILES string of the molecule is CC(C)n1ncc2cc(NC(=O)CN(C)S(C)(=O)=O)cnc21. The smallest absolute Gasteiger partial charge is 0.239 e. The molecule has 0 spiro atoms. The summed E-state index contributed by atoms with van der Waals surface area (Å²) in [7, 11) is -2.04. The average Bonchev–Trinajstić information content (AvgIpc) is 2.80. The van der Waals surface area contributed by atoms with Crippen LogP contribution in [0.1, 0.15) is 19.9 Å². The first-order valence-electron chi connectivity index (χ1n) is 6.73. The molecule has 2 heterocycles. The zero-order valence-corrected chi connectivity index (χ0v) is 13.8. The minimum Gasteiger partial charge on any atom is -0.324 e. The van der Waals surface area contributed by atoms with Crippen LogP contribution in [0.4, 0.5) is 5.69 Å². The molecular formula is C13H19N5O3S. The Balaban J connectivity index is 2.14. The first-order chi connectivity index (χ1) is 10.2. The summed E-state index contributed by atoms with van der Waals surface area (Å²) >= 11 is 0. The van der Waals surface area contributed by atoms with Gasteiger partial charge in [0.2, 0.25) is 15.9 Å². The van der Waals surface area contributed by atoms with Crippen LogP contribution >= 0.6 is 0 Å². The predicted octanol–water partition coefficient (Wildman–Crippen LogP) is 0.842. The van der Waals surface area contributed by atoms with E-state index in [1.54, 1.807) is 16.9 Å². The molecule has 2 aromatic rings. The molecule has 2 rings (SSSR count). The maximum Gasteiger partial charge on any atom is 0.239 e. The van der Waals surface area contributed by atoms with Gasteiger partial charge in [0.05, 0.1) is 30.9 Å². The lowest BCUT2D eigenvalue weighted by atomic mass is 10.3. The van der Waals surface area contributed by atoms with Gasteiger partial charge in [0.25, 0.3) is 0 Å². The summed E-state index contributed by atoms with van der Waals surface area (Å²) in [6.07, 6.45) is 4.26. The molecule has 0 aliphatic rings. The van der Waals surface area contributed by atoms with Gasteiger partial charge in [-0.1, -0.05) is 0 Å². The molecule has 0 unspecified atom stereocenters. The van der Waals surface area contributed by atoms with Crippen molar-refractivity contribution in [2.75, 3.05) is 25.2 Å². The van der Waals surface area contributed by atoms with Gasteiger partial charge in [-0.15, -0.1) is 0 Å². The van der Waals surface area contributed by atoms with E-state index in [1.807, 2.05) is 13.8 Å². The van der Waals surface area contributed by atoms with Crippen LogP contribution in [0.15, 0.2) is 18.5 Å². The van der Waals surface area contributed by atoms with Crippen molar-refractivity contribution in [3.8, 4) is 0 Å². The lowest BCUT2D eigenvalue weighted by Crippen LogP contribution is -2.34. The van der Waals surface area contributed by atoms with E-state index in [0.29, 0.717) is 5.69 Å². The Hall–Kier alpha value is -2.00. The summed E-state index contributed by atoms with van der Waals surface area (Å²) in [5, 5.41) is 7.69. The van der Waals surface area contributed by atoms with Crippen molar-refractivity contribution < 1.29 is 13.2 Å². The van der Waals surface area contributed by atoms with Crippen LogP contribution in [0.3, 0.4) is 0 Å². The van der Waals surface area contributed by atoms with Gasteiger partial charge in [0.1, 0.15) is 0 Å². The van der Waals surface area contributed by atoms with Gasteiger partial charge in [-0.25, -0.2) is 18.1 Å². The number of nitrogens with one attached hydrogen (secondary N) is 1. The lowest BCUT2D eigenvalue weighted by Gasteiger charge is -2.13. The molecule has 0 radical (unpaired) electrons. The van der Waals surface area contributed by atoms with Crippen molar-refractivity contribution in [1.82, 2.24) is 19.1 Å². The number of carbonyl (C=O) groups excluding carboxylic acids is 1. The van der Waals surface area contributed by atoms with E-state index in [2.05, 4.69) is 15.4 Å². The number of hydrogen-bond acceptors (Lipinski definition) is 5. The van der Waals surface area contributed by atoms with E-state index in [1.165, 1.54) is 13.2 Å². The Morgan fingerprint density at radius 2 is 2.09 bits per heavy atom. The fraction of sp³-hybridized carbons (Fsp3) is 0.462. The van der Waals surface area contributed by atoms with E-state index < -0.39 is 15.9 Å². The van der Waals surface area contributed by atoms with Gasteiger partial charge in [-0.3, -0.25) is 4.79 Å². The van der Waals surface area contributed by atoms with E-state index >= 15 is 0 Å². The molecule has 0 bridgehead atoms. The molecule has 0 aliphatic carbocycles. The number of anilines is 1. The molecule has 1 amide bonds. The van der Waals surface area contributed by atoms with Gasteiger partial charge < -0.3 is 5.32 Å². The first kappa shape index (κ1) is 16.4. The molecule has 0 aliphatic heterocycles. The van der Waals surface area contributed by atoms with Gasteiger partial charge in [0, 0.05) is 18.5 Å². The summed E-state index contributed by atoms with van der Waals surface area (Å²) in [6, 6.07) is 1.95. The Labute approximate surface area is 129 Å². The van der Waals surface area contributed by atoms with Crippen LogP contribution in [-0.2, 0) is 14.8 Å². The predicted molar refractivity (Wildman–Crippen MR) is 84.0 cm³/mol. The van der Waals surface area contributed by atoms with Crippen LogP contribution in [-0.4, -0.2) is 53.2 Å². The molecule has 0 fully saturated rings. The monoisotopic (exact) mass is 325 g/mol. The number of carbonyl (C=O) groups is 1. The van der Waals surface area contributed by atoms with Crippen LogP contribution in [0.25, 0.3) is 11.0 Å². The van der Waals surface area contributed by atoms with Gasteiger partial charge in [-0.05, 0) is 19.9 Å². The second kappa shape index (κ2) is 6.01. The quantitative estimate of drug-likeness (QED) is 0.878. The maximum atomic E-state index is 11.9. The number of pyridine rings is 1. The van der Waals surface area contributed by atoms with Crippen molar-refractivity contribution in [3.63, 3.8) is 0 Å². The number of sulfonamides is 1. The summed E-state index contributed by atoms with van der Waals surface area (Å²) in [4.78, 5) is 16.2. The molecule has 0 aromatic carbocycles. The molecule has 120 valence electrons. The largest absolute Gasteiger partial charge is 0.324 e. The van der Waals surface area contributed by atoms with Crippen LogP contribution in [0.2, 0.25) is 0 Å². The summed E-state index contributed by atoms with van der Waals surface area (Å²) in [5.41, 5.74) is 1.24. The molecule has 0 saturated heterocycles. The number of fused-ring (bicyclic) bond motifs is 1. The van der Waals surface area contributed by atoms with Crippen molar-refractivity contribution >= 4 is 32.7 Å². The van der Waals surface area contributed by atoms with E-state index in [4.69, 9.17) is 0 Å². The van der Waals surface area contributed by atoms with E-state index in [9.17, 15) is 13.2 Å². The van der Waals surface area contributed by atoms with Crippen LogP contribution in [0, 0.1) is 0 Å². The highest BCUT2D eigenvalue weighted by Gasteiger charge is 2.15. The standard InChI is InChI=1S/C13H19N5O3S/c1-9(2)18-13-10(6-15-18)5-11(7-14-13)16-12(19)8-17(3)22(4,20)21/h5-7,9H,8H2,1-4H3,(H,16,19). The number of amides is 1. The van der Waals surface area contributed by atoms with Gasteiger partial charge in [-0.2, -0.15) is 9.40 Å². The normalized spacial score (nSPS) is 12.3. The zero-order chi connectivity index (χ0) is 16.5. The third-order valence-corrected chi connectivity index (χ3v) is 4.40. The number of aromatic nitrogens is 3. The summed E-state index contributed by atoms with van der Waals surface area (Å²) in [6.45, 7) is 3.76. The molecule has 9 heteroatoms. The van der Waals surface area contributed by atoms with Crippen molar-refractivity contribution in [3.05, 3.63) is 18.5 Å². The molecule has 2 aromatic heterocycles. The second-order valence-corrected chi connectivity index (χ2v) is 7.48. The topological polar surface area (TPSA) is 97.2 Å². The Morgan fingerprint density at radius 3 is 2.68 bits per heavy atom. The van der Waals surface area contributed by atoms with Gasteiger partial charge >= 0.3 is 0 Å². The summed E-state index contributed by atoms with van der Waals surface area (Å²) in [5.74, 6) is -0.426. The van der Waals surface area contributed by atoms with E-state index in [-0.39, 0.29) is 12.6 Å². The van der Waals surface area contributed by atoms with Crippen LogP contribution < -0.4 is 5.32 Å². The Morgan fingerprint density at radius 1 is 1.41 bits per heavy atom. The fourth-order valence-corrected chi connectivity index (χ4v) is 2.26. The average molecular weight is 325 g/mol. The summed E-state index contributed by atoms with van der Waals surface area (Å²) < 4.78 is 25.3. The third-order valence-electron chi connectivity index (χ3n) is 3.14. The molecule has 8 nitrogen and oxygen atoms in total. The minimum absolute atomic E-state index is 0.189. The second-order valence-electron chi connectivity index (χ2n) is 5.39. The highest BCUT2D eigenvalue weighted by molar-refractivity contribution is 7.88. The van der Waals surface area contributed by atoms with Crippen LogP contribution in [0.5, 0.6) is 0 Å². The number of nitrogens with zero attached hydrogens (tertiary/aromatic N) is 4. The number of hydrogen-bond donors (Lipinski definition) is 1. The fourth-order valence-electron chi connectivity index (χ4n) is 1.91. The molecule has 1 N–H and O–H groups in total. The number of likely N-dealkylation sites (N-methyl/N-ethyl adjacent to an activating group) is 1. The van der Waals surface area contributed by atoms with Gasteiger partial charge in [0.15, 0.2) is 5.65 Å². The highest BCUT2D eigenvalue weighted by atomic mass is 32.2. The van der Waals surface area contributed by atoms with Crippen molar-refractivity contribution in [2.45, 2.75) is 19.9 Å². The molecule has 22 heavy (non-hydrogen) atoms. The number of rotatable bonds is 5. The first-order valence-corrected chi connectivity index (χ1v) is 8.57. The third kappa shape index (κ3) is 3.60. The molecule has 0 atom stereocenters. The van der Waals surface area contributed by atoms with E-state index in [0.717, 1.165) is 21.6 Å². The Bertz CT molecular complexity index is 797. The Kier molecular flexibility index (Phi) is 4.47. The highest BCUT2D eigenvalue weighted by Crippen LogP contribution is 2.18. The molecular weight excluding hydrogens is 306 g/mol. The van der Waals surface area contributed by atoms with Crippen molar-refractivity contribution in [2.24, 2.45) is 0 Å². The van der Waals surface area contributed by atoms with Crippen molar-refractivity contribution in [1.29, 1.82) is 0 Å². The zero-order valence-electron chi connectivity index (χ0n) is 12.9. The minimum atomic E-state index is -3.39. The lowest BCUT2D eigenvalue weighted by molar-refractivity contribution is -0.116.